The van der Waals surface area contributed by atoms with Crippen LogP contribution in [0.3, 0.4) is 0 Å². The Labute approximate surface area is 430 Å². The van der Waals surface area contributed by atoms with E-state index >= 15 is 0 Å². The van der Waals surface area contributed by atoms with Gasteiger partial charge in [-0.2, -0.15) is 0 Å². The number of fused-ring (bicyclic) bond motifs is 6. The Morgan fingerprint density at radius 2 is 0.871 bits per heavy atom. The molecule has 1 aromatic heterocycles. The van der Waals surface area contributed by atoms with E-state index in [0.717, 1.165) is 29.7 Å². The highest BCUT2D eigenvalue weighted by Crippen LogP contribution is 2.54. The average Bonchev–Trinajstić information content (AvgIpc) is 3.81. The fraction of sp³-hybridized carbons (Fsp3) is 0.594. The van der Waals surface area contributed by atoms with Crippen molar-refractivity contribution in [2.75, 3.05) is 0 Å². The van der Waals surface area contributed by atoms with E-state index < -0.39 is 0 Å². The zero-order valence-corrected chi connectivity index (χ0v) is 46.4. The molecule has 0 amide bonds. The number of terminal acetylenes is 1. The number of aromatic nitrogens is 1. The van der Waals surface area contributed by atoms with Crippen LogP contribution in [-0.2, 0) is 22.8 Å². The van der Waals surface area contributed by atoms with Crippen molar-refractivity contribution in [1.82, 2.24) is 4.57 Å². The second kappa shape index (κ2) is 27.0. The molecule has 0 fully saturated rings. The Morgan fingerprint density at radius 3 is 1.36 bits per heavy atom. The highest BCUT2D eigenvalue weighted by Gasteiger charge is 2.42. The maximum absolute atomic E-state index is 6.49. The van der Waals surface area contributed by atoms with Crippen molar-refractivity contribution in [3.05, 3.63) is 106 Å². The Bertz CT molecular complexity index is 2490. The average molecular weight is 941 g/mol. The minimum absolute atomic E-state index is 0.0281. The molecule has 1 heteroatoms. The highest BCUT2D eigenvalue weighted by atomic mass is 15.0. The molecule has 6 rings (SSSR count). The molecule has 0 unspecified atom stereocenters. The first-order valence-corrected chi connectivity index (χ1v) is 29.3. The zero-order chi connectivity index (χ0) is 50.0. The molecular formula is C69H97N. The molecule has 1 aliphatic rings. The van der Waals surface area contributed by atoms with Crippen molar-refractivity contribution in [2.45, 2.75) is 265 Å². The third-order valence-electron chi connectivity index (χ3n) is 16.2. The van der Waals surface area contributed by atoms with Gasteiger partial charge in [-0.15, -0.1) is 6.42 Å². The zero-order valence-electron chi connectivity index (χ0n) is 46.4. The van der Waals surface area contributed by atoms with Crippen LogP contribution in [0.5, 0.6) is 0 Å². The first-order valence-electron chi connectivity index (χ1n) is 29.3. The van der Waals surface area contributed by atoms with Gasteiger partial charge < -0.3 is 4.57 Å². The normalized spacial score (nSPS) is 13.1. The summed E-state index contributed by atoms with van der Waals surface area (Å²) >= 11 is 0. The van der Waals surface area contributed by atoms with Crippen LogP contribution in [-0.4, -0.2) is 4.57 Å². The van der Waals surface area contributed by atoms with Gasteiger partial charge in [-0.05, 0) is 99.9 Å². The summed E-state index contributed by atoms with van der Waals surface area (Å²) in [5.41, 5.74) is 14.3. The summed E-state index contributed by atoms with van der Waals surface area (Å²) in [6.45, 7) is 21.9. The fourth-order valence-electron chi connectivity index (χ4n) is 11.9. The van der Waals surface area contributed by atoms with E-state index in [2.05, 4.69) is 151 Å². The molecule has 0 atom stereocenters. The van der Waals surface area contributed by atoms with E-state index in [1.165, 1.54) is 223 Å². The van der Waals surface area contributed by atoms with Crippen LogP contribution in [0.2, 0.25) is 0 Å². The van der Waals surface area contributed by atoms with Crippen molar-refractivity contribution in [3.63, 3.8) is 0 Å². The van der Waals surface area contributed by atoms with Crippen molar-refractivity contribution >= 4 is 21.8 Å². The molecule has 0 aliphatic heterocycles. The van der Waals surface area contributed by atoms with Crippen LogP contribution in [0, 0.1) is 24.2 Å². The van der Waals surface area contributed by atoms with Gasteiger partial charge in [0.25, 0.3) is 0 Å². The molecule has 0 bridgehead atoms. The molecule has 378 valence electrons. The van der Waals surface area contributed by atoms with Crippen LogP contribution < -0.4 is 0 Å². The first kappa shape index (κ1) is 55.1. The molecule has 0 spiro atoms. The van der Waals surface area contributed by atoms with Gasteiger partial charge in [-0.1, -0.05) is 271 Å². The molecule has 0 saturated carbocycles. The van der Waals surface area contributed by atoms with Gasteiger partial charge in [0.2, 0.25) is 0 Å². The van der Waals surface area contributed by atoms with E-state index in [4.69, 9.17) is 6.42 Å². The van der Waals surface area contributed by atoms with Gasteiger partial charge in [-0.25, -0.2) is 0 Å². The molecule has 1 heterocycles. The topological polar surface area (TPSA) is 4.93 Å². The van der Waals surface area contributed by atoms with Crippen LogP contribution in [0.25, 0.3) is 32.9 Å². The minimum atomic E-state index is -0.0453. The van der Waals surface area contributed by atoms with E-state index in [-0.39, 0.29) is 16.2 Å². The Hall–Kier alpha value is -4.20. The predicted octanol–water partition coefficient (Wildman–Crippen LogP) is 21.0. The molecular weight excluding hydrogens is 843 g/mol. The number of hydrogen-bond donors (Lipinski definition) is 0. The summed E-state index contributed by atoms with van der Waals surface area (Å²) in [5.74, 6) is 11.0. The van der Waals surface area contributed by atoms with Crippen molar-refractivity contribution in [3.8, 4) is 35.3 Å². The number of aryl methyl sites for hydroxylation is 1. The lowest BCUT2D eigenvalue weighted by atomic mass is 9.70. The molecule has 1 aliphatic carbocycles. The number of unbranched alkanes of at least 4 members (excludes halogenated alkanes) is 23. The largest absolute Gasteiger partial charge is 0.338 e. The van der Waals surface area contributed by atoms with E-state index in [1.807, 2.05) is 0 Å². The van der Waals surface area contributed by atoms with Gasteiger partial charge in [-0.3, -0.25) is 0 Å². The number of rotatable bonds is 29. The molecule has 4 aromatic carbocycles. The molecule has 0 radical (unpaired) electrons. The van der Waals surface area contributed by atoms with Crippen LogP contribution >= 0.6 is 0 Å². The number of benzene rings is 4. The lowest BCUT2D eigenvalue weighted by Crippen LogP contribution is -2.25. The summed E-state index contributed by atoms with van der Waals surface area (Å²) in [6, 6.07) is 26.3. The van der Waals surface area contributed by atoms with Crippen LogP contribution in [0.15, 0.2) is 66.7 Å². The Morgan fingerprint density at radius 1 is 0.443 bits per heavy atom. The summed E-state index contributed by atoms with van der Waals surface area (Å²) in [7, 11) is 0. The van der Waals surface area contributed by atoms with Gasteiger partial charge in [0.05, 0.1) is 11.0 Å². The maximum atomic E-state index is 6.49. The van der Waals surface area contributed by atoms with Gasteiger partial charge in [0.15, 0.2) is 0 Å². The van der Waals surface area contributed by atoms with Gasteiger partial charge in [0, 0.05) is 39.4 Å². The lowest BCUT2D eigenvalue weighted by Gasteiger charge is -2.33. The van der Waals surface area contributed by atoms with Crippen molar-refractivity contribution < 1.29 is 0 Å². The second-order valence-corrected chi connectivity index (χ2v) is 23.9. The standard InChI is InChI=1S/C69H97N/c1-11-15-18-21-24-25-26-27-28-29-30-31-34-39-48-70-65-55(14-4)50-57(67(5,6)7)52-61(65)62-53-58(68(8,9)10)51-56(66(62)70)44-42-54-43-45-60-59-40-35-36-41-63(59)69(64(60)49-54,46-37-32-22-19-16-12-2)47-38-33-23-20-17-13-3/h4,35-36,40-41,43,45,49-53H,11-13,15-34,37-39,46-48H2,1-3,5-10H3. The smallest absolute Gasteiger partial charge is 0.0651 e. The highest BCUT2D eigenvalue weighted by molar-refractivity contribution is 6.12. The third-order valence-corrected chi connectivity index (χ3v) is 16.2. The third kappa shape index (κ3) is 14.3. The molecule has 70 heavy (non-hydrogen) atoms. The Kier molecular flexibility index (Phi) is 21.3. The van der Waals surface area contributed by atoms with Gasteiger partial charge >= 0.3 is 0 Å². The molecule has 0 saturated heterocycles. The lowest BCUT2D eigenvalue weighted by molar-refractivity contribution is 0.398. The van der Waals surface area contributed by atoms with Crippen LogP contribution in [0.4, 0.5) is 0 Å². The number of hydrogen-bond acceptors (Lipinski definition) is 0. The number of nitrogens with zero attached hydrogens (tertiary/aromatic N) is 1. The van der Waals surface area contributed by atoms with Crippen molar-refractivity contribution in [2.24, 2.45) is 0 Å². The second-order valence-electron chi connectivity index (χ2n) is 23.9. The Balaban J connectivity index is 1.36. The van der Waals surface area contributed by atoms with Crippen molar-refractivity contribution in [1.29, 1.82) is 0 Å². The van der Waals surface area contributed by atoms with Crippen LogP contribution in [0.1, 0.15) is 281 Å². The summed E-state index contributed by atoms with van der Waals surface area (Å²) in [5, 5.41) is 2.57. The van der Waals surface area contributed by atoms with Gasteiger partial charge in [0.1, 0.15) is 0 Å². The van der Waals surface area contributed by atoms with E-state index in [9.17, 15) is 0 Å². The molecule has 5 aromatic rings. The molecule has 0 N–H and O–H groups in total. The van der Waals surface area contributed by atoms with E-state index in [1.54, 1.807) is 5.56 Å². The van der Waals surface area contributed by atoms with E-state index in [0.29, 0.717) is 0 Å². The SMILES string of the molecule is C#Cc1cc(C(C)(C)C)cc2c3cc(C(C)(C)C)cc(C#Cc4ccc5c(c4)C(CCCCCCCC)(CCCCCCCC)c4ccccc4-5)c3n(CCCCCCCCCCCCCCCC)c12. The monoisotopic (exact) mass is 940 g/mol. The summed E-state index contributed by atoms with van der Waals surface area (Å²) < 4.78 is 2.59. The summed E-state index contributed by atoms with van der Waals surface area (Å²) in [6.07, 6.45) is 43.9. The quantitative estimate of drug-likeness (QED) is 0.0333. The molecule has 1 nitrogen and oxygen atoms in total. The minimum Gasteiger partial charge on any atom is -0.338 e. The predicted molar refractivity (Wildman–Crippen MR) is 310 cm³/mol. The fourth-order valence-corrected chi connectivity index (χ4v) is 11.9. The summed E-state index contributed by atoms with van der Waals surface area (Å²) in [4.78, 5) is 0. The maximum Gasteiger partial charge on any atom is 0.0651 e. The first-order chi connectivity index (χ1) is 33.9.